The first-order chi connectivity index (χ1) is 12.8. The highest BCUT2D eigenvalue weighted by Crippen LogP contribution is 2.14. The molecule has 0 fully saturated rings. The molecule has 2 amide bonds. The highest BCUT2D eigenvalue weighted by atomic mass is 32.1. The zero-order valence-corrected chi connectivity index (χ0v) is 15.5. The van der Waals surface area contributed by atoms with Crippen molar-refractivity contribution in [1.29, 1.82) is 0 Å². The molecule has 27 heavy (non-hydrogen) atoms. The average Bonchev–Trinajstić information content (AvgIpc) is 2.63. The molecule has 0 aliphatic heterocycles. The minimum Gasteiger partial charge on any atom is -0.489 e. The molecule has 0 aliphatic carbocycles. The van der Waals surface area contributed by atoms with Crippen LogP contribution in [0.4, 0.5) is 4.39 Å². The number of nitrogens with two attached hydrogens (primary N) is 1. The van der Waals surface area contributed by atoms with Gasteiger partial charge in [-0.25, -0.2) is 4.39 Å². The van der Waals surface area contributed by atoms with E-state index in [0.717, 1.165) is 11.1 Å². The van der Waals surface area contributed by atoms with Gasteiger partial charge in [-0.1, -0.05) is 36.5 Å². The molecular formula is C19H20FN3O3S. The van der Waals surface area contributed by atoms with Crippen LogP contribution in [0.15, 0.2) is 48.5 Å². The van der Waals surface area contributed by atoms with E-state index < -0.39 is 17.9 Å². The summed E-state index contributed by atoms with van der Waals surface area (Å²) in [6.07, 6.45) is 0. The first kappa shape index (κ1) is 20.3. The van der Waals surface area contributed by atoms with Crippen LogP contribution < -0.4 is 21.1 Å². The third-order valence-corrected chi connectivity index (χ3v) is 3.81. The van der Waals surface area contributed by atoms with Crippen LogP contribution in [-0.4, -0.2) is 22.8 Å². The fraction of sp³-hybridized carbons (Fsp3) is 0.211. The van der Waals surface area contributed by atoms with Gasteiger partial charge in [0.15, 0.2) is 6.04 Å². The maximum Gasteiger partial charge on any atom is 0.249 e. The maximum absolute atomic E-state index is 13.1. The first-order valence-corrected chi connectivity index (χ1v) is 8.56. The normalized spacial score (nSPS) is 11.3. The lowest BCUT2D eigenvalue weighted by molar-refractivity contribution is -0.126. The highest BCUT2D eigenvalue weighted by Gasteiger charge is 2.21. The summed E-state index contributed by atoms with van der Waals surface area (Å²) in [4.78, 5) is 23.1. The van der Waals surface area contributed by atoms with Gasteiger partial charge in [0, 0.05) is 13.5 Å². The lowest BCUT2D eigenvalue weighted by atomic mass is 10.2. The minimum atomic E-state index is -1.05. The smallest absolute Gasteiger partial charge is 0.249 e. The maximum atomic E-state index is 13.1. The number of rotatable bonds is 8. The van der Waals surface area contributed by atoms with Crippen molar-refractivity contribution in [3.05, 3.63) is 65.5 Å². The van der Waals surface area contributed by atoms with Gasteiger partial charge in [0.1, 0.15) is 23.2 Å². The van der Waals surface area contributed by atoms with Gasteiger partial charge in [-0.15, -0.1) is 0 Å². The standard InChI is InChI=1S/C19H20FN3O3S/c1-12(24)23-17(18(21)27)19(25)22-10-13-5-7-16(8-6-13)26-11-14-3-2-4-15(20)9-14/h2-9,17H,10-11H2,1H3,(H2,21,27)(H,22,25)(H,23,24). The summed E-state index contributed by atoms with van der Waals surface area (Å²) in [6.45, 7) is 1.77. The molecule has 0 bridgehead atoms. The quantitative estimate of drug-likeness (QED) is 0.599. The van der Waals surface area contributed by atoms with Gasteiger partial charge < -0.3 is 21.1 Å². The van der Waals surface area contributed by atoms with E-state index in [1.54, 1.807) is 36.4 Å². The third-order valence-electron chi connectivity index (χ3n) is 3.58. The molecule has 0 aliphatic rings. The monoisotopic (exact) mass is 389 g/mol. The molecule has 0 saturated heterocycles. The molecule has 0 saturated carbocycles. The number of thiocarbonyl (C=S) groups is 1. The van der Waals surface area contributed by atoms with E-state index in [1.165, 1.54) is 19.1 Å². The van der Waals surface area contributed by atoms with Crippen molar-refractivity contribution in [2.24, 2.45) is 5.73 Å². The molecule has 1 atom stereocenters. The number of amides is 2. The van der Waals surface area contributed by atoms with Crippen molar-refractivity contribution < 1.29 is 18.7 Å². The topological polar surface area (TPSA) is 93.5 Å². The van der Waals surface area contributed by atoms with Gasteiger partial charge in [0.25, 0.3) is 0 Å². The van der Waals surface area contributed by atoms with Gasteiger partial charge in [-0.05, 0) is 35.4 Å². The van der Waals surface area contributed by atoms with Crippen molar-refractivity contribution >= 4 is 29.0 Å². The van der Waals surface area contributed by atoms with Gasteiger partial charge >= 0.3 is 0 Å². The van der Waals surface area contributed by atoms with Crippen LogP contribution >= 0.6 is 12.2 Å². The van der Waals surface area contributed by atoms with E-state index in [0.29, 0.717) is 5.75 Å². The Morgan fingerprint density at radius 3 is 2.48 bits per heavy atom. The summed E-state index contributed by atoms with van der Waals surface area (Å²) in [7, 11) is 0. The van der Waals surface area contributed by atoms with Crippen molar-refractivity contribution in [2.45, 2.75) is 26.1 Å². The SMILES string of the molecule is CC(=O)NC(C(=O)NCc1ccc(OCc2cccc(F)c2)cc1)C(N)=S. The summed E-state index contributed by atoms with van der Waals surface area (Å²) < 4.78 is 18.7. The number of carbonyl (C=O) groups excluding carboxylic acids is 2. The number of ether oxygens (including phenoxy) is 1. The summed E-state index contributed by atoms with van der Waals surface area (Å²) in [5, 5.41) is 5.06. The number of carbonyl (C=O) groups is 2. The fourth-order valence-electron chi connectivity index (χ4n) is 2.26. The second-order valence-corrected chi connectivity index (χ2v) is 6.29. The van der Waals surface area contributed by atoms with Crippen LogP contribution in [-0.2, 0) is 22.7 Å². The van der Waals surface area contributed by atoms with E-state index in [-0.39, 0.29) is 24.0 Å². The van der Waals surface area contributed by atoms with Crippen LogP contribution in [0.5, 0.6) is 5.75 Å². The molecule has 1 unspecified atom stereocenters. The van der Waals surface area contributed by atoms with E-state index in [4.69, 9.17) is 22.7 Å². The molecule has 0 spiro atoms. The molecule has 0 aromatic heterocycles. The first-order valence-electron chi connectivity index (χ1n) is 8.15. The Morgan fingerprint density at radius 1 is 1.19 bits per heavy atom. The number of halogens is 1. The molecule has 6 nitrogen and oxygen atoms in total. The van der Waals surface area contributed by atoms with Gasteiger partial charge in [0.2, 0.25) is 11.8 Å². The zero-order valence-electron chi connectivity index (χ0n) is 14.7. The molecule has 0 radical (unpaired) electrons. The van der Waals surface area contributed by atoms with Crippen LogP contribution in [0.2, 0.25) is 0 Å². The molecule has 4 N–H and O–H groups in total. The Kier molecular flexibility index (Phi) is 7.25. The Balaban J connectivity index is 1.86. The van der Waals surface area contributed by atoms with E-state index in [2.05, 4.69) is 10.6 Å². The van der Waals surface area contributed by atoms with Crippen molar-refractivity contribution in [3.8, 4) is 5.75 Å². The highest BCUT2D eigenvalue weighted by molar-refractivity contribution is 7.80. The Bertz CT molecular complexity index is 827. The van der Waals surface area contributed by atoms with Crippen LogP contribution in [0.3, 0.4) is 0 Å². The third kappa shape index (κ3) is 6.67. The fourth-order valence-corrected chi connectivity index (χ4v) is 2.42. The molecule has 0 heterocycles. The Labute approximate surface area is 161 Å². The predicted octanol–water partition coefficient (Wildman–Crippen LogP) is 1.81. The zero-order chi connectivity index (χ0) is 19.8. The Morgan fingerprint density at radius 2 is 1.89 bits per heavy atom. The molecule has 2 aromatic carbocycles. The van der Waals surface area contributed by atoms with E-state index in [9.17, 15) is 14.0 Å². The number of benzene rings is 2. The van der Waals surface area contributed by atoms with Crippen LogP contribution in [0, 0.1) is 5.82 Å². The minimum absolute atomic E-state index is 0.108. The van der Waals surface area contributed by atoms with Crippen molar-refractivity contribution in [2.75, 3.05) is 0 Å². The average molecular weight is 389 g/mol. The summed E-state index contributed by atoms with van der Waals surface area (Å²) in [6, 6.07) is 12.2. The number of hydrogen-bond donors (Lipinski definition) is 3. The van der Waals surface area contributed by atoms with Gasteiger partial charge in [0.05, 0.1) is 0 Å². The molecule has 2 aromatic rings. The molecule has 2 rings (SSSR count). The number of hydrogen-bond acceptors (Lipinski definition) is 4. The Hall–Kier alpha value is -3.00. The number of nitrogens with one attached hydrogen (secondary N) is 2. The molecular weight excluding hydrogens is 369 g/mol. The van der Waals surface area contributed by atoms with E-state index in [1.807, 2.05) is 0 Å². The van der Waals surface area contributed by atoms with Gasteiger partial charge in [-0.2, -0.15) is 0 Å². The summed E-state index contributed by atoms with van der Waals surface area (Å²) >= 11 is 4.80. The van der Waals surface area contributed by atoms with Crippen molar-refractivity contribution in [3.63, 3.8) is 0 Å². The van der Waals surface area contributed by atoms with Crippen LogP contribution in [0.1, 0.15) is 18.1 Å². The second kappa shape index (κ2) is 9.63. The lowest BCUT2D eigenvalue weighted by Crippen LogP contribution is -2.52. The summed E-state index contributed by atoms with van der Waals surface area (Å²) in [5.74, 6) is -0.572. The van der Waals surface area contributed by atoms with Gasteiger partial charge in [-0.3, -0.25) is 9.59 Å². The van der Waals surface area contributed by atoms with Crippen molar-refractivity contribution in [1.82, 2.24) is 10.6 Å². The largest absolute Gasteiger partial charge is 0.489 e. The second-order valence-electron chi connectivity index (χ2n) is 5.82. The van der Waals surface area contributed by atoms with E-state index >= 15 is 0 Å². The predicted molar refractivity (Wildman–Crippen MR) is 103 cm³/mol. The molecule has 142 valence electrons. The molecule has 8 heteroatoms. The van der Waals surface area contributed by atoms with Crippen LogP contribution in [0.25, 0.3) is 0 Å². The summed E-state index contributed by atoms with van der Waals surface area (Å²) in [5.41, 5.74) is 7.04. The lowest BCUT2D eigenvalue weighted by Gasteiger charge is -2.16.